The van der Waals surface area contributed by atoms with Gasteiger partial charge in [0, 0.05) is 6.07 Å². The van der Waals surface area contributed by atoms with Gasteiger partial charge in [0.25, 0.3) is 0 Å². The monoisotopic (exact) mass is 250 g/mol. The fourth-order valence-corrected chi connectivity index (χ4v) is 2.72. The molecule has 0 bridgehead atoms. The molecule has 1 N–H and O–H groups in total. The van der Waals surface area contributed by atoms with Crippen LogP contribution in [0.4, 0.5) is 0 Å². The standard InChI is InChI=1S/C15H22O3/c1-17-13-8-12(9-14(10-13)18-2)15(16)11-6-4-3-5-7-11/h8-11,15-16H,3-7H2,1-2H3/t15-/m1/s1. The molecular formula is C15H22O3. The van der Waals surface area contributed by atoms with Crippen LogP contribution in [0.2, 0.25) is 0 Å². The molecule has 1 aliphatic carbocycles. The fourth-order valence-electron chi connectivity index (χ4n) is 2.72. The number of benzene rings is 1. The maximum Gasteiger partial charge on any atom is 0.122 e. The molecule has 0 aliphatic heterocycles. The Hall–Kier alpha value is -1.22. The number of rotatable bonds is 4. The number of ether oxygens (including phenoxy) is 2. The quantitative estimate of drug-likeness (QED) is 0.891. The Balaban J connectivity index is 2.19. The molecule has 0 unspecified atom stereocenters. The Morgan fingerprint density at radius 1 is 1.00 bits per heavy atom. The Labute approximate surface area is 109 Å². The van der Waals surface area contributed by atoms with Crippen LogP contribution < -0.4 is 9.47 Å². The van der Waals surface area contributed by atoms with E-state index in [4.69, 9.17) is 9.47 Å². The van der Waals surface area contributed by atoms with Crippen LogP contribution >= 0.6 is 0 Å². The van der Waals surface area contributed by atoms with Crippen LogP contribution in [0.5, 0.6) is 11.5 Å². The summed E-state index contributed by atoms with van der Waals surface area (Å²) in [6.07, 6.45) is 5.56. The van der Waals surface area contributed by atoms with Crippen molar-refractivity contribution in [3.63, 3.8) is 0 Å². The van der Waals surface area contributed by atoms with Gasteiger partial charge in [0.15, 0.2) is 0 Å². The van der Waals surface area contributed by atoms with Gasteiger partial charge in [-0.2, -0.15) is 0 Å². The van der Waals surface area contributed by atoms with E-state index in [2.05, 4.69) is 0 Å². The van der Waals surface area contributed by atoms with Gasteiger partial charge in [-0.25, -0.2) is 0 Å². The molecule has 1 atom stereocenters. The van der Waals surface area contributed by atoms with Gasteiger partial charge in [-0.15, -0.1) is 0 Å². The lowest BCUT2D eigenvalue weighted by Gasteiger charge is -2.27. The molecule has 0 aromatic heterocycles. The third-order valence-corrected chi connectivity index (χ3v) is 3.81. The van der Waals surface area contributed by atoms with Crippen molar-refractivity contribution in [3.05, 3.63) is 23.8 Å². The highest BCUT2D eigenvalue weighted by Crippen LogP contribution is 2.36. The zero-order valence-electron chi connectivity index (χ0n) is 11.2. The van der Waals surface area contributed by atoms with Crippen molar-refractivity contribution in [1.29, 1.82) is 0 Å². The highest BCUT2D eigenvalue weighted by molar-refractivity contribution is 5.39. The topological polar surface area (TPSA) is 38.7 Å². The maximum absolute atomic E-state index is 10.5. The average molecular weight is 250 g/mol. The first-order valence-electron chi connectivity index (χ1n) is 6.65. The van der Waals surface area contributed by atoms with E-state index in [1.807, 2.05) is 18.2 Å². The van der Waals surface area contributed by atoms with E-state index in [0.29, 0.717) is 5.92 Å². The summed E-state index contributed by atoms with van der Waals surface area (Å²) >= 11 is 0. The van der Waals surface area contributed by atoms with Crippen LogP contribution in [-0.2, 0) is 0 Å². The van der Waals surface area contributed by atoms with Crippen LogP contribution in [0.3, 0.4) is 0 Å². The van der Waals surface area contributed by atoms with E-state index in [-0.39, 0.29) is 0 Å². The average Bonchev–Trinajstić information content (AvgIpc) is 2.46. The molecule has 2 rings (SSSR count). The van der Waals surface area contributed by atoms with Gasteiger partial charge in [0.05, 0.1) is 20.3 Å². The van der Waals surface area contributed by atoms with Crippen LogP contribution in [0.15, 0.2) is 18.2 Å². The predicted octanol–water partition coefficient (Wildman–Crippen LogP) is 3.32. The second-order valence-electron chi connectivity index (χ2n) is 4.99. The molecular weight excluding hydrogens is 228 g/mol. The summed E-state index contributed by atoms with van der Waals surface area (Å²) in [4.78, 5) is 0. The first-order chi connectivity index (χ1) is 8.74. The molecule has 1 aliphatic rings. The Bertz CT molecular complexity index is 361. The number of methoxy groups -OCH3 is 2. The fraction of sp³-hybridized carbons (Fsp3) is 0.600. The first kappa shape index (κ1) is 13.2. The molecule has 1 aromatic rings. The highest BCUT2D eigenvalue weighted by Gasteiger charge is 2.23. The highest BCUT2D eigenvalue weighted by atomic mass is 16.5. The van der Waals surface area contributed by atoms with Crippen LogP contribution in [0.25, 0.3) is 0 Å². The number of aliphatic hydroxyl groups is 1. The van der Waals surface area contributed by atoms with Crippen LogP contribution in [-0.4, -0.2) is 19.3 Å². The minimum absolute atomic E-state index is 0.371. The summed E-state index contributed by atoms with van der Waals surface area (Å²) in [7, 11) is 3.26. The van der Waals surface area contributed by atoms with Gasteiger partial charge in [-0.1, -0.05) is 19.3 Å². The van der Waals surface area contributed by atoms with E-state index >= 15 is 0 Å². The third kappa shape index (κ3) is 2.96. The second-order valence-corrected chi connectivity index (χ2v) is 4.99. The lowest BCUT2D eigenvalue weighted by atomic mass is 9.83. The van der Waals surface area contributed by atoms with Crippen molar-refractivity contribution in [2.24, 2.45) is 5.92 Å². The van der Waals surface area contributed by atoms with E-state index < -0.39 is 6.10 Å². The lowest BCUT2D eigenvalue weighted by Crippen LogP contribution is -2.16. The Morgan fingerprint density at radius 3 is 2.06 bits per heavy atom. The largest absolute Gasteiger partial charge is 0.497 e. The van der Waals surface area contributed by atoms with Crippen LogP contribution in [0.1, 0.15) is 43.8 Å². The van der Waals surface area contributed by atoms with Crippen LogP contribution in [0, 0.1) is 5.92 Å². The molecule has 0 saturated heterocycles. The normalized spacial score (nSPS) is 18.4. The molecule has 0 heterocycles. The van der Waals surface area contributed by atoms with Crippen molar-refractivity contribution in [1.82, 2.24) is 0 Å². The summed E-state index contributed by atoms with van der Waals surface area (Å²) in [6, 6.07) is 5.64. The summed E-state index contributed by atoms with van der Waals surface area (Å²) in [6.45, 7) is 0. The van der Waals surface area contributed by atoms with Gasteiger partial charge in [0.1, 0.15) is 11.5 Å². The van der Waals surface area contributed by atoms with E-state index in [9.17, 15) is 5.11 Å². The summed E-state index contributed by atoms with van der Waals surface area (Å²) in [5.41, 5.74) is 0.901. The SMILES string of the molecule is COc1cc(OC)cc([C@H](O)C2CCCCC2)c1. The molecule has 3 nitrogen and oxygen atoms in total. The number of aliphatic hydroxyl groups excluding tert-OH is 1. The first-order valence-corrected chi connectivity index (χ1v) is 6.65. The molecule has 0 radical (unpaired) electrons. The Morgan fingerprint density at radius 2 is 1.56 bits per heavy atom. The summed E-state index contributed by atoms with van der Waals surface area (Å²) < 4.78 is 10.5. The summed E-state index contributed by atoms with van der Waals surface area (Å²) in [5.74, 6) is 1.84. The molecule has 1 fully saturated rings. The minimum Gasteiger partial charge on any atom is -0.497 e. The molecule has 1 saturated carbocycles. The third-order valence-electron chi connectivity index (χ3n) is 3.81. The molecule has 3 heteroatoms. The predicted molar refractivity (Wildman–Crippen MR) is 71.1 cm³/mol. The molecule has 1 aromatic carbocycles. The van der Waals surface area contributed by atoms with E-state index in [1.54, 1.807) is 14.2 Å². The van der Waals surface area contributed by atoms with Gasteiger partial charge in [-0.3, -0.25) is 0 Å². The van der Waals surface area contributed by atoms with Gasteiger partial charge >= 0.3 is 0 Å². The van der Waals surface area contributed by atoms with Crippen molar-refractivity contribution in [2.75, 3.05) is 14.2 Å². The zero-order chi connectivity index (χ0) is 13.0. The van der Waals surface area contributed by atoms with E-state index in [0.717, 1.165) is 29.9 Å². The summed E-state index contributed by atoms with van der Waals surface area (Å²) in [5, 5.41) is 10.5. The van der Waals surface area contributed by atoms with Crippen molar-refractivity contribution in [2.45, 2.75) is 38.2 Å². The van der Waals surface area contributed by atoms with Crippen molar-refractivity contribution < 1.29 is 14.6 Å². The van der Waals surface area contributed by atoms with Crippen molar-refractivity contribution in [3.8, 4) is 11.5 Å². The number of hydrogen-bond donors (Lipinski definition) is 1. The zero-order valence-corrected chi connectivity index (χ0v) is 11.2. The second kappa shape index (κ2) is 6.10. The minimum atomic E-state index is -0.408. The Kier molecular flexibility index (Phi) is 4.48. The number of hydrogen-bond acceptors (Lipinski definition) is 3. The molecule has 0 amide bonds. The molecule has 0 spiro atoms. The molecule has 18 heavy (non-hydrogen) atoms. The maximum atomic E-state index is 10.5. The smallest absolute Gasteiger partial charge is 0.122 e. The van der Waals surface area contributed by atoms with Gasteiger partial charge < -0.3 is 14.6 Å². The van der Waals surface area contributed by atoms with Gasteiger partial charge in [-0.05, 0) is 36.5 Å². The van der Waals surface area contributed by atoms with Crippen molar-refractivity contribution >= 4 is 0 Å². The lowest BCUT2D eigenvalue weighted by molar-refractivity contribution is 0.0844. The van der Waals surface area contributed by atoms with Gasteiger partial charge in [0.2, 0.25) is 0 Å². The molecule has 100 valence electrons. The van der Waals surface area contributed by atoms with E-state index in [1.165, 1.54) is 19.3 Å².